The average molecular weight is 273 g/mol. The van der Waals surface area contributed by atoms with E-state index in [2.05, 4.69) is 18.1 Å². The van der Waals surface area contributed by atoms with Gasteiger partial charge < -0.3 is 5.73 Å². The van der Waals surface area contributed by atoms with Gasteiger partial charge in [-0.1, -0.05) is 18.2 Å². The van der Waals surface area contributed by atoms with Crippen LogP contribution in [0.25, 0.3) is 10.9 Å². The Kier molecular flexibility index (Phi) is 4.90. The van der Waals surface area contributed by atoms with Crippen LogP contribution in [-0.4, -0.2) is 21.6 Å². The first kappa shape index (κ1) is 14.7. The number of aromatic nitrogens is 2. The maximum absolute atomic E-state index is 12.0. The molecule has 2 rings (SSSR count). The Labute approximate surface area is 120 Å². The van der Waals surface area contributed by atoms with Crippen molar-refractivity contribution in [2.24, 2.45) is 5.73 Å². The first-order valence-electron chi connectivity index (χ1n) is 7.33. The molecule has 0 spiro atoms. The maximum Gasteiger partial charge on any atom is 0.138 e. The monoisotopic (exact) mass is 273 g/mol. The molecule has 0 radical (unpaired) electrons. The Balaban J connectivity index is 2.08. The van der Waals surface area contributed by atoms with E-state index in [1.54, 1.807) is 0 Å². The Morgan fingerprint density at radius 2 is 2.15 bits per heavy atom. The van der Waals surface area contributed by atoms with Crippen LogP contribution >= 0.6 is 0 Å². The molecule has 0 saturated heterocycles. The van der Waals surface area contributed by atoms with E-state index in [0.717, 1.165) is 36.0 Å². The van der Waals surface area contributed by atoms with E-state index in [0.29, 0.717) is 12.8 Å². The zero-order valence-electron chi connectivity index (χ0n) is 12.3. The van der Waals surface area contributed by atoms with Crippen molar-refractivity contribution in [3.05, 3.63) is 30.0 Å². The average Bonchev–Trinajstić information content (AvgIpc) is 2.77. The third kappa shape index (κ3) is 3.45. The number of nitrogens with two attached hydrogens (primary N) is 1. The van der Waals surface area contributed by atoms with Gasteiger partial charge in [-0.15, -0.1) is 0 Å². The highest BCUT2D eigenvalue weighted by molar-refractivity contribution is 5.88. The fourth-order valence-electron chi connectivity index (χ4n) is 2.46. The SMILES string of the molecule is CCn1nc(CC(=O)CCCC(C)N)c2ccccc21. The Hall–Kier alpha value is -1.68. The van der Waals surface area contributed by atoms with Crippen molar-refractivity contribution >= 4 is 16.7 Å². The van der Waals surface area contributed by atoms with Crippen LogP contribution in [0.3, 0.4) is 0 Å². The van der Waals surface area contributed by atoms with Crippen molar-refractivity contribution < 1.29 is 4.79 Å². The number of Topliss-reactive ketones (excluding diaryl/α,β-unsaturated/α-hetero) is 1. The highest BCUT2D eigenvalue weighted by Crippen LogP contribution is 2.19. The second-order valence-electron chi connectivity index (χ2n) is 5.36. The van der Waals surface area contributed by atoms with E-state index in [-0.39, 0.29) is 11.8 Å². The Bertz CT molecular complexity index is 586. The molecule has 0 aliphatic carbocycles. The van der Waals surface area contributed by atoms with Crippen LogP contribution in [0.15, 0.2) is 24.3 Å². The van der Waals surface area contributed by atoms with Gasteiger partial charge in [-0.3, -0.25) is 9.48 Å². The third-order valence-electron chi connectivity index (χ3n) is 3.51. The summed E-state index contributed by atoms with van der Waals surface area (Å²) in [7, 11) is 0. The van der Waals surface area contributed by atoms with Crippen LogP contribution < -0.4 is 5.73 Å². The van der Waals surface area contributed by atoms with Crippen LogP contribution in [0, 0.1) is 0 Å². The lowest BCUT2D eigenvalue weighted by atomic mass is 10.0. The molecule has 4 heteroatoms. The second kappa shape index (κ2) is 6.66. The first-order valence-corrected chi connectivity index (χ1v) is 7.33. The van der Waals surface area contributed by atoms with Gasteiger partial charge in [-0.05, 0) is 32.8 Å². The topological polar surface area (TPSA) is 60.9 Å². The molecular weight excluding hydrogens is 250 g/mol. The van der Waals surface area contributed by atoms with Crippen molar-refractivity contribution in [3.63, 3.8) is 0 Å². The Morgan fingerprint density at radius 1 is 1.40 bits per heavy atom. The summed E-state index contributed by atoms with van der Waals surface area (Å²) >= 11 is 0. The summed E-state index contributed by atoms with van der Waals surface area (Å²) in [5.74, 6) is 0.247. The molecule has 108 valence electrons. The molecule has 2 aromatic rings. The molecule has 0 bridgehead atoms. The molecule has 1 atom stereocenters. The lowest BCUT2D eigenvalue weighted by Gasteiger charge is -2.03. The zero-order chi connectivity index (χ0) is 14.5. The number of rotatable bonds is 7. The van der Waals surface area contributed by atoms with Gasteiger partial charge in [0.15, 0.2) is 0 Å². The summed E-state index contributed by atoms with van der Waals surface area (Å²) in [6.07, 6.45) is 2.78. The molecule has 0 aliphatic heterocycles. The van der Waals surface area contributed by atoms with E-state index >= 15 is 0 Å². The minimum absolute atomic E-state index is 0.169. The molecule has 1 heterocycles. The molecular formula is C16H23N3O. The van der Waals surface area contributed by atoms with E-state index < -0.39 is 0 Å². The summed E-state index contributed by atoms with van der Waals surface area (Å²) in [5, 5.41) is 5.65. The number of aryl methyl sites for hydroxylation is 1. The zero-order valence-corrected chi connectivity index (χ0v) is 12.3. The fraction of sp³-hybridized carbons (Fsp3) is 0.500. The smallest absolute Gasteiger partial charge is 0.138 e. The summed E-state index contributed by atoms with van der Waals surface area (Å²) in [6, 6.07) is 8.26. The van der Waals surface area contributed by atoms with Gasteiger partial charge in [0.25, 0.3) is 0 Å². The quantitative estimate of drug-likeness (QED) is 0.843. The fourth-order valence-corrected chi connectivity index (χ4v) is 2.46. The van der Waals surface area contributed by atoms with Crippen LogP contribution in [0.1, 0.15) is 38.8 Å². The highest BCUT2D eigenvalue weighted by atomic mass is 16.1. The number of carbonyl (C=O) groups is 1. The molecule has 1 aromatic heterocycles. The minimum Gasteiger partial charge on any atom is -0.328 e. The lowest BCUT2D eigenvalue weighted by Crippen LogP contribution is -2.15. The number of hydrogen-bond donors (Lipinski definition) is 1. The van der Waals surface area contributed by atoms with Gasteiger partial charge in [-0.25, -0.2) is 0 Å². The number of hydrogen-bond acceptors (Lipinski definition) is 3. The Morgan fingerprint density at radius 3 is 2.85 bits per heavy atom. The van der Waals surface area contributed by atoms with E-state index in [4.69, 9.17) is 5.73 Å². The summed E-state index contributed by atoms with van der Waals surface area (Å²) < 4.78 is 1.96. The van der Waals surface area contributed by atoms with Gasteiger partial charge in [0.1, 0.15) is 5.78 Å². The number of ketones is 1. The lowest BCUT2D eigenvalue weighted by molar-refractivity contribution is -0.118. The molecule has 4 nitrogen and oxygen atoms in total. The summed E-state index contributed by atoms with van der Waals surface area (Å²) in [6.45, 7) is 4.86. The predicted octanol–water partition coefficient (Wildman–Crippen LogP) is 2.69. The van der Waals surface area contributed by atoms with Crippen LogP contribution in [0.4, 0.5) is 0 Å². The molecule has 0 saturated carbocycles. The summed E-state index contributed by atoms with van der Waals surface area (Å²) in [4.78, 5) is 12.0. The normalized spacial score (nSPS) is 12.8. The van der Waals surface area contributed by atoms with Crippen molar-refractivity contribution in [1.29, 1.82) is 0 Å². The van der Waals surface area contributed by atoms with Crippen molar-refractivity contribution in [2.45, 2.75) is 52.1 Å². The van der Waals surface area contributed by atoms with Crippen molar-refractivity contribution in [3.8, 4) is 0 Å². The molecule has 2 N–H and O–H groups in total. The standard InChI is InChI=1S/C16H23N3O/c1-3-19-16-10-5-4-9-14(16)15(18-19)11-13(20)8-6-7-12(2)17/h4-5,9-10,12H,3,6-8,11,17H2,1-2H3. The van der Waals surface area contributed by atoms with Gasteiger partial charge in [0.2, 0.25) is 0 Å². The number of benzene rings is 1. The summed E-state index contributed by atoms with van der Waals surface area (Å²) in [5.41, 5.74) is 7.70. The van der Waals surface area contributed by atoms with E-state index in [1.165, 1.54) is 0 Å². The number of nitrogens with zero attached hydrogens (tertiary/aromatic N) is 2. The van der Waals surface area contributed by atoms with Crippen molar-refractivity contribution in [2.75, 3.05) is 0 Å². The second-order valence-corrected chi connectivity index (χ2v) is 5.36. The predicted molar refractivity (Wildman–Crippen MR) is 81.6 cm³/mol. The number of carbonyl (C=O) groups excluding carboxylic acids is 1. The third-order valence-corrected chi connectivity index (χ3v) is 3.51. The van der Waals surface area contributed by atoms with Crippen LogP contribution in [-0.2, 0) is 17.8 Å². The largest absolute Gasteiger partial charge is 0.328 e. The highest BCUT2D eigenvalue weighted by Gasteiger charge is 2.12. The molecule has 0 aliphatic rings. The van der Waals surface area contributed by atoms with E-state index in [1.807, 2.05) is 29.8 Å². The molecule has 1 unspecified atom stereocenters. The van der Waals surface area contributed by atoms with Gasteiger partial charge in [0, 0.05) is 24.4 Å². The van der Waals surface area contributed by atoms with Gasteiger partial charge in [-0.2, -0.15) is 5.10 Å². The van der Waals surface area contributed by atoms with Gasteiger partial charge in [0.05, 0.1) is 17.6 Å². The first-order chi connectivity index (χ1) is 9.61. The van der Waals surface area contributed by atoms with Crippen LogP contribution in [0.5, 0.6) is 0 Å². The molecule has 20 heavy (non-hydrogen) atoms. The molecule has 0 fully saturated rings. The number of para-hydroxylation sites is 1. The maximum atomic E-state index is 12.0. The number of fused-ring (bicyclic) bond motifs is 1. The molecule has 1 aromatic carbocycles. The van der Waals surface area contributed by atoms with Crippen molar-refractivity contribution in [1.82, 2.24) is 9.78 Å². The molecule has 0 amide bonds. The minimum atomic E-state index is 0.169. The van der Waals surface area contributed by atoms with Crippen LogP contribution in [0.2, 0.25) is 0 Å². The van der Waals surface area contributed by atoms with E-state index in [9.17, 15) is 4.79 Å². The van der Waals surface area contributed by atoms with Gasteiger partial charge >= 0.3 is 0 Å².